The van der Waals surface area contributed by atoms with E-state index in [1.807, 2.05) is 12.1 Å². The molecule has 0 saturated carbocycles. The summed E-state index contributed by atoms with van der Waals surface area (Å²) in [6.45, 7) is 3.18. The summed E-state index contributed by atoms with van der Waals surface area (Å²) < 4.78 is 5.52. The van der Waals surface area contributed by atoms with E-state index in [0.717, 1.165) is 69.1 Å². The number of hydrogen-bond donors (Lipinski definition) is 1. The number of rotatable bonds is 6. The first-order valence-corrected chi connectivity index (χ1v) is 10.8. The van der Waals surface area contributed by atoms with Gasteiger partial charge in [0.1, 0.15) is 23.7 Å². The summed E-state index contributed by atoms with van der Waals surface area (Å²) in [5.74, 6) is 3.62. The van der Waals surface area contributed by atoms with Crippen LogP contribution in [0.3, 0.4) is 0 Å². The van der Waals surface area contributed by atoms with Crippen LogP contribution < -0.4 is 14.5 Å². The Bertz CT molecular complexity index is 792. The van der Waals surface area contributed by atoms with Crippen molar-refractivity contribution in [1.29, 1.82) is 0 Å². The highest BCUT2D eigenvalue weighted by molar-refractivity contribution is 5.51. The van der Waals surface area contributed by atoms with Crippen molar-refractivity contribution in [1.82, 2.24) is 9.97 Å². The van der Waals surface area contributed by atoms with Gasteiger partial charge >= 0.3 is 0 Å². The van der Waals surface area contributed by atoms with Crippen molar-refractivity contribution in [2.75, 3.05) is 43.2 Å². The first kappa shape index (κ1) is 20.0. The van der Waals surface area contributed by atoms with E-state index < -0.39 is 0 Å². The topological polar surface area (TPSA) is 61.7 Å². The third-order valence-electron chi connectivity index (χ3n) is 6.41. The number of ether oxygens (including phenoxy) is 1. The number of aliphatic hydroxyl groups is 1. The average Bonchev–Trinajstić information content (AvgIpc) is 2.80. The van der Waals surface area contributed by atoms with Gasteiger partial charge in [0, 0.05) is 25.7 Å². The van der Waals surface area contributed by atoms with Gasteiger partial charge in [-0.05, 0) is 56.1 Å². The van der Waals surface area contributed by atoms with Gasteiger partial charge in [-0.2, -0.15) is 0 Å². The van der Waals surface area contributed by atoms with Gasteiger partial charge in [-0.25, -0.2) is 9.97 Å². The van der Waals surface area contributed by atoms with Gasteiger partial charge in [0.25, 0.3) is 0 Å². The Morgan fingerprint density at radius 1 is 1.03 bits per heavy atom. The average molecular weight is 397 g/mol. The molecule has 3 heterocycles. The first-order valence-electron chi connectivity index (χ1n) is 10.8. The lowest BCUT2D eigenvalue weighted by atomic mass is 9.90. The van der Waals surface area contributed by atoms with E-state index in [9.17, 15) is 5.11 Å². The zero-order valence-electron chi connectivity index (χ0n) is 17.3. The normalized spacial score (nSPS) is 20.7. The van der Waals surface area contributed by atoms with Crippen molar-refractivity contribution in [3.63, 3.8) is 0 Å². The zero-order chi connectivity index (χ0) is 20.1. The highest BCUT2D eigenvalue weighted by Gasteiger charge is 2.25. The summed E-state index contributed by atoms with van der Waals surface area (Å²) in [6.07, 6.45) is 8.42. The molecule has 1 aromatic heterocycles. The second kappa shape index (κ2) is 9.44. The van der Waals surface area contributed by atoms with Crippen molar-refractivity contribution in [3.05, 3.63) is 42.2 Å². The number of nitrogens with zero attached hydrogens (tertiary/aromatic N) is 4. The Balaban J connectivity index is 1.38. The molecule has 2 saturated heterocycles. The second-order valence-corrected chi connectivity index (χ2v) is 8.21. The number of para-hydroxylation sites is 1. The Morgan fingerprint density at radius 3 is 2.62 bits per heavy atom. The van der Waals surface area contributed by atoms with Crippen LogP contribution in [0.2, 0.25) is 0 Å². The molecule has 0 bridgehead atoms. The van der Waals surface area contributed by atoms with Crippen LogP contribution >= 0.6 is 0 Å². The monoisotopic (exact) mass is 396 g/mol. The summed E-state index contributed by atoms with van der Waals surface area (Å²) in [7, 11) is 1.75. The number of hydrogen-bond acceptors (Lipinski definition) is 6. The molecule has 1 unspecified atom stereocenters. The van der Waals surface area contributed by atoms with E-state index in [-0.39, 0.29) is 12.6 Å². The molecule has 1 atom stereocenters. The molecule has 4 rings (SSSR count). The molecule has 6 heteroatoms. The molecule has 0 radical (unpaired) electrons. The Kier molecular flexibility index (Phi) is 6.49. The highest BCUT2D eigenvalue weighted by Crippen LogP contribution is 2.30. The van der Waals surface area contributed by atoms with Gasteiger partial charge in [-0.1, -0.05) is 18.2 Å². The molecule has 1 N–H and O–H groups in total. The van der Waals surface area contributed by atoms with E-state index in [1.54, 1.807) is 13.4 Å². The summed E-state index contributed by atoms with van der Waals surface area (Å²) in [4.78, 5) is 13.7. The number of piperidine rings is 2. The lowest BCUT2D eigenvalue weighted by Crippen LogP contribution is -2.42. The maximum absolute atomic E-state index is 9.72. The van der Waals surface area contributed by atoms with Crippen LogP contribution in [-0.4, -0.2) is 54.5 Å². The van der Waals surface area contributed by atoms with Gasteiger partial charge in [-0.15, -0.1) is 0 Å². The molecular weight excluding hydrogens is 364 g/mol. The maximum atomic E-state index is 9.72. The van der Waals surface area contributed by atoms with Gasteiger partial charge in [0.2, 0.25) is 0 Å². The number of methoxy groups -OCH3 is 1. The van der Waals surface area contributed by atoms with E-state index in [2.05, 4.69) is 38.0 Å². The molecule has 156 valence electrons. The second-order valence-electron chi connectivity index (χ2n) is 8.21. The van der Waals surface area contributed by atoms with Crippen LogP contribution in [0.4, 0.5) is 11.6 Å². The van der Waals surface area contributed by atoms with E-state index >= 15 is 0 Å². The summed E-state index contributed by atoms with van der Waals surface area (Å²) in [5.41, 5.74) is 1.30. The number of benzene rings is 1. The number of aliphatic hydroxyl groups excluding tert-OH is 1. The van der Waals surface area contributed by atoms with Gasteiger partial charge in [0.15, 0.2) is 0 Å². The molecule has 0 amide bonds. The summed E-state index contributed by atoms with van der Waals surface area (Å²) in [6, 6.07) is 10.6. The highest BCUT2D eigenvalue weighted by atomic mass is 16.5. The van der Waals surface area contributed by atoms with E-state index in [4.69, 9.17) is 4.74 Å². The minimum Gasteiger partial charge on any atom is -0.496 e. The van der Waals surface area contributed by atoms with Crippen LogP contribution in [-0.2, 0) is 6.42 Å². The van der Waals surface area contributed by atoms with Crippen molar-refractivity contribution in [3.8, 4) is 5.75 Å². The number of anilines is 2. The lowest BCUT2D eigenvalue weighted by molar-refractivity contribution is 0.239. The van der Waals surface area contributed by atoms with Crippen molar-refractivity contribution >= 4 is 11.6 Å². The SMILES string of the molecule is COc1ccccc1CC1CCN(c2cc(N3CCCCC3CO)ncn2)CC1. The summed E-state index contributed by atoms with van der Waals surface area (Å²) >= 11 is 0. The Labute approximate surface area is 173 Å². The van der Waals surface area contributed by atoms with Crippen LogP contribution in [0.25, 0.3) is 0 Å². The predicted molar refractivity (Wildman–Crippen MR) is 116 cm³/mol. The fourth-order valence-electron chi connectivity index (χ4n) is 4.71. The van der Waals surface area contributed by atoms with Crippen molar-refractivity contribution < 1.29 is 9.84 Å². The summed E-state index contributed by atoms with van der Waals surface area (Å²) in [5, 5.41) is 9.72. The Hall–Kier alpha value is -2.34. The van der Waals surface area contributed by atoms with Gasteiger partial charge in [-0.3, -0.25) is 0 Å². The molecule has 0 spiro atoms. The molecule has 0 aliphatic carbocycles. The third kappa shape index (κ3) is 4.64. The fraction of sp³-hybridized carbons (Fsp3) is 0.565. The molecular formula is C23H32N4O2. The molecule has 2 aliphatic heterocycles. The standard InChI is InChI=1S/C23H32N4O2/c1-29-21-8-3-2-6-19(21)14-18-9-12-26(13-10-18)22-15-23(25-17-24-22)27-11-5-4-7-20(27)16-28/h2-3,6,8,15,17-18,20,28H,4-5,7,9-14,16H2,1H3. The quantitative estimate of drug-likeness (QED) is 0.808. The predicted octanol–water partition coefficient (Wildman–Crippen LogP) is 3.30. The molecule has 2 aliphatic rings. The van der Waals surface area contributed by atoms with Crippen LogP contribution in [0.15, 0.2) is 36.7 Å². The largest absolute Gasteiger partial charge is 0.496 e. The van der Waals surface area contributed by atoms with Crippen LogP contribution in [0.5, 0.6) is 5.75 Å². The molecule has 2 fully saturated rings. The molecule has 6 nitrogen and oxygen atoms in total. The molecule has 1 aromatic carbocycles. The number of aromatic nitrogens is 2. The minimum absolute atomic E-state index is 0.179. The van der Waals surface area contributed by atoms with Crippen molar-refractivity contribution in [2.24, 2.45) is 5.92 Å². The van der Waals surface area contributed by atoms with Crippen molar-refractivity contribution in [2.45, 2.75) is 44.6 Å². The molecule has 2 aromatic rings. The van der Waals surface area contributed by atoms with E-state index in [0.29, 0.717) is 5.92 Å². The van der Waals surface area contributed by atoms with Crippen LogP contribution in [0.1, 0.15) is 37.7 Å². The maximum Gasteiger partial charge on any atom is 0.134 e. The van der Waals surface area contributed by atoms with Crippen LogP contribution in [0, 0.1) is 5.92 Å². The van der Waals surface area contributed by atoms with Gasteiger partial charge in [0.05, 0.1) is 19.8 Å². The van der Waals surface area contributed by atoms with E-state index in [1.165, 1.54) is 12.0 Å². The fourth-order valence-corrected chi connectivity index (χ4v) is 4.71. The third-order valence-corrected chi connectivity index (χ3v) is 6.41. The zero-order valence-corrected chi connectivity index (χ0v) is 17.3. The minimum atomic E-state index is 0.179. The van der Waals surface area contributed by atoms with Gasteiger partial charge < -0.3 is 19.6 Å². The molecule has 29 heavy (non-hydrogen) atoms. The smallest absolute Gasteiger partial charge is 0.134 e. The lowest BCUT2D eigenvalue weighted by Gasteiger charge is -2.37. The first-order chi connectivity index (χ1) is 14.3. The Morgan fingerprint density at radius 2 is 1.83 bits per heavy atom.